The van der Waals surface area contributed by atoms with Crippen LogP contribution in [0.1, 0.15) is 36.0 Å². The summed E-state index contributed by atoms with van der Waals surface area (Å²) in [5.74, 6) is 0.724. The summed E-state index contributed by atoms with van der Waals surface area (Å²) in [5.41, 5.74) is 1.95. The van der Waals surface area contributed by atoms with Crippen LogP contribution in [0.4, 0.5) is 10.6 Å². The van der Waals surface area contributed by atoms with Gasteiger partial charge in [0.1, 0.15) is 10.8 Å². The second-order valence-electron chi connectivity index (χ2n) is 4.50. The number of rotatable bonds is 4. The van der Waals surface area contributed by atoms with Crippen LogP contribution < -0.4 is 5.32 Å². The fourth-order valence-electron chi connectivity index (χ4n) is 1.54. The molecule has 0 aliphatic carbocycles. The van der Waals surface area contributed by atoms with Gasteiger partial charge in [0.15, 0.2) is 0 Å². The van der Waals surface area contributed by atoms with E-state index in [1.807, 2.05) is 17.5 Å². The first-order valence-electron chi connectivity index (χ1n) is 6.14. The van der Waals surface area contributed by atoms with Gasteiger partial charge in [0.05, 0.1) is 5.69 Å². The van der Waals surface area contributed by atoms with Gasteiger partial charge in [0.25, 0.3) is 0 Å². The molecule has 0 aromatic carbocycles. The van der Waals surface area contributed by atoms with Crippen molar-refractivity contribution in [1.29, 1.82) is 0 Å². The highest BCUT2D eigenvalue weighted by Crippen LogP contribution is 2.19. The first kappa shape index (κ1) is 14.2. The second kappa shape index (κ2) is 6.29. The zero-order valence-corrected chi connectivity index (χ0v) is 12.0. The SMILES string of the molecule is CC(C)c1csc(C=Cc2ccnc(NC(=O)O)c2)n1. The van der Waals surface area contributed by atoms with Gasteiger partial charge in [-0.3, -0.25) is 5.32 Å². The van der Waals surface area contributed by atoms with Crippen molar-refractivity contribution in [2.45, 2.75) is 19.8 Å². The number of carbonyl (C=O) groups is 1. The highest BCUT2D eigenvalue weighted by molar-refractivity contribution is 7.10. The topological polar surface area (TPSA) is 75.1 Å². The minimum Gasteiger partial charge on any atom is -0.465 e. The van der Waals surface area contributed by atoms with Gasteiger partial charge in [-0.05, 0) is 29.7 Å². The number of anilines is 1. The lowest BCUT2D eigenvalue weighted by Crippen LogP contribution is -2.08. The van der Waals surface area contributed by atoms with Crippen molar-refractivity contribution >= 4 is 35.4 Å². The molecule has 5 nitrogen and oxygen atoms in total. The summed E-state index contributed by atoms with van der Waals surface area (Å²) < 4.78 is 0. The number of hydrogen-bond donors (Lipinski definition) is 2. The van der Waals surface area contributed by atoms with Gasteiger partial charge in [-0.25, -0.2) is 14.8 Å². The molecule has 20 heavy (non-hydrogen) atoms. The average Bonchev–Trinajstić information content (AvgIpc) is 2.85. The number of thiazole rings is 1. The highest BCUT2D eigenvalue weighted by Gasteiger charge is 2.03. The Hall–Kier alpha value is -2.21. The van der Waals surface area contributed by atoms with Crippen molar-refractivity contribution in [2.24, 2.45) is 0 Å². The number of nitrogens with one attached hydrogen (secondary N) is 1. The molecule has 0 bridgehead atoms. The minimum atomic E-state index is -1.12. The third kappa shape index (κ3) is 3.89. The van der Waals surface area contributed by atoms with E-state index < -0.39 is 6.09 Å². The maximum atomic E-state index is 10.5. The normalized spacial score (nSPS) is 11.2. The molecule has 0 saturated heterocycles. The summed E-state index contributed by atoms with van der Waals surface area (Å²) in [4.78, 5) is 19.0. The van der Waals surface area contributed by atoms with E-state index >= 15 is 0 Å². The maximum Gasteiger partial charge on any atom is 0.410 e. The molecule has 2 N–H and O–H groups in total. The van der Waals surface area contributed by atoms with Crippen LogP contribution in [0.3, 0.4) is 0 Å². The van der Waals surface area contributed by atoms with Crippen molar-refractivity contribution in [3.05, 3.63) is 40.0 Å². The Morgan fingerprint density at radius 3 is 2.90 bits per heavy atom. The van der Waals surface area contributed by atoms with Crippen LogP contribution in [0.2, 0.25) is 0 Å². The fourth-order valence-corrected chi connectivity index (χ4v) is 2.41. The smallest absolute Gasteiger partial charge is 0.410 e. The van der Waals surface area contributed by atoms with E-state index in [1.165, 1.54) is 0 Å². The quantitative estimate of drug-likeness (QED) is 0.894. The Bertz CT molecular complexity index is 635. The Labute approximate surface area is 121 Å². The Morgan fingerprint density at radius 2 is 2.25 bits per heavy atom. The van der Waals surface area contributed by atoms with Crippen LogP contribution in [0.25, 0.3) is 12.2 Å². The van der Waals surface area contributed by atoms with E-state index in [-0.39, 0.29) is 0 Å². The van der Waals surface area contributed by atoms with E-state index in [9.17, 15) is 4.79 Å². The van der Waals surface area contributed by atoms with Crippen LogP contribution in [0, 0.1) is 0 Å². The van der Waals surface area contributed by atoms with Gasteiger partial charge >= 0.3 is 6.09 Å². The zero-order chi connectivity index (χ0) is 14.5. The molecule has 6 heteroatoms. The standard InChI is InChI=1S/C14H15N3O2S/c1-9(2)11-8-20-13(16-11)4-3-10-5-6-15-12(7-10)17-14(18)19/h3-9H,1-2H3,(H,15,17)(H,18,19). The number of pyridine rings is 1. The van der Waals surface area contributed by atoms with Gasteiger partial charge in [0, 0.05) is 11.6 Å². The molecule has 0 aliphatic heterocycles. The summed E-state index contributed by atoms with van der Waals surface area (Å²) in [5, 5.41) is 13.8. The first-order chi connectivity index (χ1) is 9.54. The highest BCUT2D eigenvalue weighted by atomic mass is 32.1. The van der Waals surface area contributed by atoms with Gasteiger partial charge in [-0.2, -0.15) is 0 Å². The lowest BCUT2D eigenvalue weighted by molar-refractivity contribution is 0.209. The van der Waals surface area contributed by atoms with Crippen LogP contribution in [-0.2, 0) is 0 Å². The molecular weight excluding hydrogens is 274 g/mol. The molecule has 0 spiro atoms. The summed E-state index contributed by atoms with van der Waals surface area (Å²) in [6.45, 7) is 4.21. The molecule has 0 aliphatic rings. The van der Waals surface area contributed by atoms with E-state index in [4.69, 9.17) is 5.11 Å². The van der Waals surface area contributed by atoms with E-state index in [0.717, 1.165) is 16.3 Å². The number of amides is 1. The summed E-state index contributed by atoms with van der Waals surface area (Å²) >= 11 is 1.59. The monoisotopic (exact) mass is 289 g/mol. The molecular formula is C14H15N3O2S. The van der Waals surface area contributed by atoms with Crippen molar-refractivity contribution in [3.8, 4) is 0 Å². The van der Waals surface area contributed by atoms with E-state index in [2.05, 4.69) is 29.1 Å². The third-order valence-corrected chi connectivity index (χ3v) is 3.40. The first-order valence-corrected chi connectivity index (χ1v) is 7.02. The Kier molecular flexibility index (Phi) is 4.47. The van der Waals surface area contributed by atoms with E-state index in [0.29, 0.717) is 11.7 Å². The van der Waals surface area contributed by atoms with Crippen molar-refractivity contribution in [1.82, 2.24) is 9.97 Å². The molecule has 0 fully saturated rings. The fraction of sp³-hybridized carbons (Fsp3) is 0.214. The molecule has 0 radical (unpaired) electrons. The van der Waals surface area contributed by atoms with Gasteiger partial charge in [0.2, 0.25) is 0 Å². The van der Waals surface area contributed by atoms with Crippen molar-refractivity contribution < 1.29 is 9.90 Å². The van der Waals surface area contributed by atoms with Gasteiger partial charge < -0.3 is 5.11 Å². The zero-order valence-electron chi connectivity index (χ0n) is 11.2. The molecule has 104 valence electrons. The molecule has 2 aromatic heterocycles. The second-order valence-corrected chi connectivity index (χ2v) is 5.39. The van der Waals surface area contributed by atoms with Crippen LogP contribution in [0.15, 0.2) is 23.7 Å². The van der Waals surface area contributed by atoms with Gasteiger partial charge in [-0.15, -0.1) is 11.3 Å². The molecule has 2 rings (SSSR count). The molecule has 0 unspecified atom stereocenters. The van der Waals surface area contributed by atoms with Crippen LogP contribution in [-0.4, -0.2) is 21.2 Å². The van der Waals surface area contributed by atoms with E-state index in [1.54, 1.807) is 29.7 Å². The number of hydrogen-bond acceptors (Lipinski definition) is 4. The lowest BCUT2D eigenvalue weighted by Gasteiger charge is -2.00. The number of carboxylic acid groups (broad SMARTS) is 1. The minimum absolute atomic E-state index is 0.307. The molecule has 0 atom stereocenters. The third-order valence-electron chi connectivity index (χ3n) is 2.57. The predicted octanol–water partition coefficient (Wildman–Crippen LogP) is 3.92. The van der Waals surface area contributed by atoms with Crippen LogP contribution in [0.5, 0.6) is 0 Å². The molecule has 1 amide bonds. The number of nitrogens with zero attached hydrogens (tertiary/aromatic N) is 2. The van der Waals surface area contributed by atoms with Crippen molar-refractivity contribution in [2.75, 3.05) is 5.32 Å². The Balaban J connectivity index is 2.12. The summed E-state index contributed by atoms with van der Waals surface area (Å²) in [7, 11) is 0. The average molecular weight is 289 g/mol. The summed E-state index contributed by atoms with van der Waals surface area (Å²) in [6, 6.07) is 3.47. The van der Waals surface area contributed by atoms with Gasteiger partial charge in [-0.1, -0.05) is 19.9 Å². The largest absolute Gasteiger partial charge is 0.465 e. The maximum absolute atomic E-state index is 10.5. The molecule has 0 saturated carbocycles. The van der Waals surface area contributed by atoms with Crippen molar-refractivity contribution in [3.63, 3.8) is 0 Å². The lowest BCUT2D eigenvalue weighted by atomic mass is 10.2. The summed E-state index contributed by atoms with van der Waals surface area (Å²) in [6.07, 6.45) is 4.24. The molecule has 2 aromatic rings. The Morgan fingerprint density at radius 1 is 1.45 bits per heavy atom. The number of aromatic nitrogens is 2. The predicted molar refractivity (Wildman–Crippen MR) is 81.0 cm³/mol. The van der Waals surface area contributed by atoms with Crippen LogP contribution >= 0.6 is 11.3 Å². The molecule has 2 heterocycles.